The number of amides is 1. The molecule has 0 spiro atoms. The van der Waals surface area contributed by atoms with E-state index in [-0.39, 0.29) is 55.3 Å². The van der Waals surface area contributed by atoms with Gasteiger partial charge in [0.2, 0.25) is 6.79 Å². The summed E-state index contributed by atoms with van der Waals surface area (Å²) in [6.45, 7) is -0.0889. The first-order valence-electron chi connectivity index (χ1n) is 13.5. The van der Waals surface area contributed by atoms with Crippen LogP contribution in [0.1, 0.15) is 22.6 Å². The molecule has 2 aromatic rings. The number of aliphatic imine (C=N–C) groups is 1. The second-order valence-electron chi connectivity index (χ2n) is 9.99. The number of amidine groups is 1. The molecule has 2 fully saturated rings. The Morgan fingerprint density at radius 3 is 2.79 bits per heavy atom. The van der Waals surface area contributed by atoms with Crippen LogP contribution < -0.4 is 0 Å². The first-order chi connectivity index (χ1) is 20.9. The van der Waals surface area contributed by atoms with E-state index in [9.17, 15) is 14.0 Å². The highest BCUT2D eigenvalue weighted by Crippen LogP contribution is 2.48. The number of ether oxygens (including phenoxy) is 6. The number of halogens is 2. The maximum Gasteiger partial charge on any atom is 0.510 e. The lowest BCUT2D eigenvalue weighted by atomic mass is 9.77. The SMILES string of the molecule is COC(=O)OCO/C1=C2\C(=O)N3CCOCC3C(C3c4ccccc4SCc4c3ccc(F)c4F)N2C(OC)=NCOC1. The zero-order chi connectivity index (χ0) is 30.1. The number of rotatable bonds is 4. The Kier molecular flexibility index (Phi) is 8.41. The minimum absolute atomic E-state index is 0.0618. The summed E-state index contributed by atoms with van der Waals surface area (Å²) in [6, 6.07) is 9.26. The number of benzene rings is 2. The summed E-state index contributed by atoms with van der Waals surface area (Å²) in [5.74, 6) is -2.54. The van der Waals surface area contributed by atoms with Gasteiger partial charge >= 0.3 is 6.16 Å². The number of carbonyl (C=O) groups excluding carboxylic acids is 2. The lowest BCUT2D eigenvalue weighted by Gasteiger charge is -2.53. The number of hydrogen-bond donors (Lipinski definition) is 0. The van der Waals surface area contributed by atoms with Gasteiger partial charge in [0.25, 0.3) is 11.9 Å². The van der Waals surface area contributed by atoms with Crippen LogP contribution in [0, 0.1) is 11.6 Å². The molecular formula is C29H29F2N3O8S. The van der Waals surface area contributed by atoms with E-state index >= 15 is 4.39 Å². The molecule has 4 heterocycles. The molecule has 0 saturated carbocycles. The van der Waals surface area contributed by atoms with E-state index in [1.54, 1.807) is 15.9 Å². The summed E-state index contributed by atoms with van der Waals surface area (Å²) in [5, 5.41) is 0. The highest BCUT2D eigenvalue weighted by molar-refractivity contribution is 7.98. The number of nitrogens with zero attached hydrogens (tertiary/aromatic N) is 3. The van der Waals surface area contributed by atoms with Gasteiger partial charge in [0.05, 0.1) is 39.5 Å². The zero-order valence-corrected chi connectivity index (χ0v) is 24.2. The van der Waals surface area contributed by atoms with Crippen LogP contribution in [0.25, 0.3) is 0 Å². The molecule has 0 radical (unpaired) electrons. The van der Waals surface area contributed by atoms with Gasteiger partial charge in [0.15, 0.2) is 23.1 Å². The smallest absolute Gasteiger partial charge is 0.468 e. The molecule has 6 rings (SSSR count). The van der Waals surface area contributed by atoms with E-state index in [0.717, 1.165) is 23.6 Å². The molecule has 3 unspecified atom stereocenters. The standard InChI is InChI=1S/C29H29F2N3O8S/c1-37-28-32-14-40-12-21(41-15-42-29(36)38-2)26-27(35)33-9-10-39-11-20(33)25(34(26)28)23-16-7-8-19(30)24(31)18(16)13-43-22-6-4-3-5-17(22)23/h3-8,20,23,25H,9-15H2,1-2H3/b26-21+,32-28?. The molecule has 2 saturated heterocycles. The lowest BCUT2D eigenvalue weighted by molar-refractivity contribution is -0.147. The molecule has 0 N–H and O–H groups in total. The fourth-order valence-electron chi connectivity index (χ4n) is 6.03. The van der Waals surface area contributed by atoms with E-state index in [1.807, 2.05) is 24.3 Å². The third-order valence-corrected chi connectivity index (χ3v) is 8.97. The molecule has 4 aliphatic rings. The van der Waals surface area contributed by atoms with Crippen molar-refractivity contribution in [2.24, 2.45) is 4.99 Å². The predicted molar refractivity (Wildman–Crippen MR) is 148 cm³/mol. The van der Waals surface area contributed by atoms with E-state index < -0.39 is 48.5 Å². The molecule has 4 aliphatic heterocycles. The second-order valence-corrected chi connectivity index (χ2v) is 11.0. The minimum Gasteiger partial charge on any atom is -0.468 e. The van der Waals surface area contributed by atoms with Crippen LogP contribution >= 0.6 is 11.8 Å². The first-order valence-corrected chi connectivity index (χ1v) is 14.5. The van der Waals surface area contributed by atoms with Crippen LogP contribution in [0.4, 0.5) is 13.6 Å². The Morgan fingerprint density at radius 1 is 1.14 bits per heavy atom. The van der Waals surface area contributed by atoms with Gasteiger partial charge in [-0.05, 0) is 23.3 Å². The largest absolute Gasteiger partial charge is 0.510 e. The fraction of sp³-hybridized carbons (Fsp3) is 0.414. The van der Waals surface area contributed by atoms with Crippen LogP contribution in [0.5, 0.6) is 0 Å². The Hall–Kier alpha value is -3.88. The lowest BCUT2D eigenvalue weighted by Crippen LogP contribution is -2.68. The average Bonchev–Trinajstić information content (AvgIpc) is 3.18. The van der Waals surface area contributed by atoms with Crippen LogP contribution in [-0.2, 0) is 39.0 Å². The summed E-state index contributed by atoms with van der Waals surface area (Å²) in [7, 11) is 2.58. The molecule has 0 aromatic heterocycles. The summed E-state index contributed by atoms with van der Waals surface area (Å²) in [4.78, 5) is 34.6. The molecular weight excluding hydrogens is 588 g/mol. The summed E-state index contributed by atoms with van der Waals surface area (Å²) < 4.78 is 62.7. The summed E-state index contributed by atoms with van der Waals surface area (Å²) >= 11 is 1.42. The van der Waals surface area contributed by atoms with Crippen molar-refractivity contribution in [2.75, 3.05) is 54.1 Å². The number of hydrogen-bond acceptors (Lipinski definition) is 11. The van der Waals surface area contributed by atoms with Gasteiger partial charge in [-0.25, -0.2) is 18.6 Å². The van der Waals surface area contributed by atoms with Crippen molar-refractivity contribution in [1.29, 1.82) is 0 Å². The van der Waals surface area contributed by atoms with Crippen molar-refractivity contribution in [3.05, 3.63) is 76.2 Å². The number of methoxy groups -OCH3 is 2. The highest BCUT2D eigenvalue weighted by atomic mass is 32.2. The van der Waals surface area contributed by atoms with E-state index in [4.69, 9.17) is 23.7 Å². The topological polar surface area (TPSA) is 108 Å². The van der Waals surface area contributed by atoms with Crippen LogP contribution in [-0.4, -0.2) is 94.1 Å². The normalized spacial score (nSPS) is 25.1. The first kappa shape index (κ1) is 29.2. The summed E-state index contributed by atoms with van der Waals surface area (Å²) in [5.41, 5.74) is 1.75. The minimum atomic E-state index is -0.965. The van der Waals surface area contributed by atoms with Crippen LogP contribution in [0.2, 0.25) is 0 Å². The molecule has 43 heavy (non-hydrogen) atoms. The molecule has 0 aliphatic carbocycles. The molecule has 11 nitrogen and oxygen atoms in total. The Labute approximate surface area is 250 Å². The van der Waals surface area contributed by atoms with E-state index in [1.165, 1.54) is 18.9 Å². The molecule has 14 heteroatoms. The quantitative estimate of drug-likeness (QED) is 0.373. The predicted octanol–water partition coefficient (Wildman–Crippen LogP) is 3.57. The fourth-order valence-corrected chi connectivity index (χ4v) is 7.16. The van der Waals surface area contributed by atoms with Gasteiger partial charge in [-0.15, -0.1) is 11.8 Å². The highest BCUT2D eigenvalue weighted by Gasteiger charge is 2.53. The molecule has 2 aromatic carbocycles. The van der Waals surface area contributed by atoms with Gasteiger partial charge < -0.3 is 33.3 Å². The third kappa shape index (κ3) is 5.27. The van der Waals surface area contributed by atoms with E-state index in [0.29, 0.717) is 12.2 Å². The monoisotopic (exact) mass is 617 g/mol. The molecule has 228 valence electrons. The van der Waals surface area contributed by atoms with E-state index in [2.05, 4.69) is 9.73 Å². The Morgan fingerprint density at radius 2 is 1.98 bits per heavy atom. The average molecular weight is 618 g/mol. The van der Waals surface area contributed by atoms with Crippen LogP contribution in [0.15, 0.2) is 57.7 Å². The van der Waals surface area contributed by atoms with Gasteiger partial charge in [-0.2, -0.15) is 0 Å². The Bertz CT molecular complexity index is 1490. The number of morpholine rings is 1. The number of carbonyl (C=O) groups is 2. The maximum absolute atomic E-state index is 15.5. The van der Waals surface area contributed by atoms with Crippen molar-refractivity contribution in [1.82, 2.24) is 9.80 Å². The number of thioether (sulfide) groups is 1. The number of fused-ring (bicyclic) bond motifs is 4. The van der Waals surface area contributed by atoms with Gasteiger partial charge in [0, 0.05) is 28.7 Å². The van der Waals surface area contributed by atoms with Crippen molar-refractivity contribution >= 4 is 29.8 Å². The van der Waals surface area contributed by atoms with Gasteiger partial charge in [0.1, 0.15) is 13.3 Å². The van der Waals surface area contributed by atoms with Gasteiger partial charge in [-0.1, -0.05) is 24.3 Å². The molecule has 1 amide bonds. The number of piperazine rings is 1. The molecule has 3 atom stereocenters. The molecule has 0 bridgehead atoms. The Balaban J connectivity index is 1.59. The third-order valence-electron chi connectivity index (χ3n) is 7.85. The zero-order valence-electron chi connectivity index (χ0n) is 23.4. The van der Waals surface area contributed by atoms with Crippen molar-refractivity contribution in [2.45, 2.75) is 28.6 Å². The summed E-state index contributed by atoms with van der Waals surface area (Å²) in [6.07, 6.45) is -0.965. The maximum atomic E-state index is 15.5. The van der Waals surface area contributed by atoms with Gasteiger partial charge in [-0.3, -0.25) is 9.69 Å². The van der Waals surface area contributed by atoms with Crippen molar-refractivity contribution in [3.63, 3.8) is 0 Å². The van der Waals surface area contributed by atoms with Crippen molar-refractivity contribution in [3.8, 4) is 0 Å². The second kappa shape index (κ2) is 12.4. The van der Waals surface area contributed by atoms with Crippen molar-refractivity contribution < 1.29 is 46.8 Å². The van der Waals surface area contributed by atoms with Crippen LogP contribution in [0.3, 0.4) is 0 Å².